The van der Waals surface area contributed by atoms with Crippen molar-refractivity contribution in [1.29, 1.82) is 0 Å². The molecule has 5 N–H and O–H groups in total. The number of halogens is 3. The molecule has 0 unspecified atom stereocenters. The lowest BCUT2D eigenvalue weighted by Crippen LogP contribution is -2.33. The number of rotatable bonds is 6. The van der Waals surface area contributed by atoms with E-state index in [2.05, 4.69) is 25.9 Å². The Morgan fingerprint density at radius 3 is 2.26 bits per heavy atom. The van der Waals surface area contributed by atoms with Gasteiger partial charge in [0.1, 0.15) is 11.4 Å². The summed E-state index contributed by atoms with van der Waals surface area (Å²) < 4.78 is 40.3. The molecule has 10 heteroatoms. The molecule has 2 saturated carbocycles. The van der Waals surface area contributed by atoms with Crippen LogP contribution in [0.5, 0.6) is 0 Å². The van der Waals surface area contributed by atoms with Gasteiger partial charge in [-0.05, 0) is 62.8 Å². The van der Waals surface area contributed by atoms with Gasteiger partial charge in [-0.15, -0.1) is 0 Å². The third-order valence-corrected chi connectivity index (χ3v) is 5.56. The summed E-state index contributed by atoms with van der Waals surface area (Å²) in [5, 5.41) is 8.69. The summed E-state index contributed by atoms with van der Waals surface area (Å²) in [7, 11) is 0. The number of hydrogen-bond acceptors (Lipinski definition) is 6. The maximum absolute atomic E-state index is 13.4. The lowest BCUT2D eigenvalue weighted by molar-refractivity contribution is -0.137. The van der Waals surface area contributed by atoms with Crippen molar-refractivity contribution in [2.24, 2.45) is 11.7 Å². The van der Waals surface area contributed by atoms with Gasteiger partial charge >= 0.3 is 6.18 Å². The van der Waals surface area contributed by atoms with Gasteiger partial charge in [-0.2, -0.15) is 18.2 Å². The Labute approximate surface area is 178 Å². The van der Waals surface area contributed by atoms with E-state index in [0.29, 0.717) is 24.2 Å². The van der Waals surface area contributed by atoms with Gasteiger partial charge in [0.2, 0.25) is 11.9 Å². The smallest absolute Gasteiger partial charge is 0.367 e. The molecule has 4 rings (SSSR count). The zero-order chi connectivity index (χ0) is 22.0. The van der Waals surface area contributed by atoms with Crippen molar-refractivity contribution in [1.82, 2.24) is 9.97 Å². The summed E-state index contributed by atoms with van der Waals surface area (Å²) in [6.45, 7) is 0. The van der Waals surface area contributed by atoms with Crippen molar-refractivity contribution in [2.45, 2.75) is 56.8 Å². The Morgan fingerprint density at radius 2 is 1.65 bits per heavy atom. The van der Waals surface area contributed by atoms with Crippen LogP contribution < -0.4 is 21.7 Å². The second-order valence-electron chi connectivity index (χ2n) is 8.18. The second-order valence-corrected chi connectivity index (χ2v) is 8.18. The van der Waals surface area contributed by atoms with Crippen LogP contribution in [-0.4, -0.2) is 28.0 Å². The molecule has 0 aliphatic heterocycles. The number of nitrogens with zero attached hydrogens (tertiary/aromatic N) is 2. The highest BCUT2D eigenvalue weighted by Gasteiger charge is 2.36. The Hall–Kier alpha value is -2.88. The minimum atomic E-state index is -4.56. The normalized spacial score (nSPS) is 21.4. The summed E-state index contributed by atoms with van der Waals surface area (Å²) in [6, 6.07) is 6.84. The molecule has 2 aromatic rings. The molecule has 0 saturated heterocycles. The van der Waals surface area contributed by atoms with Crippen LogP contribution in [0.25, 0.3) is 0 Å². The minimum Gasteiger partial charge on any atom is -0.367 e. The molecular formula is C21H25F3N6O. The third-order valence-electron chi connectivity index (χ3n) is 5.56. The maximum Gasteiger partial charge on any atom is 0.421 e. The average molecular weight is 434 g/mol. The molecule has 31 heavy (non-hydrogen) atoms. The second kappa shape index (κ2) is 8.70. The van der Waals surface area contributed by atoms with E-state index in [1.165, 1.54) is 0 Å². The number of benzene rings is 1. The summed E-state index contributed by atoms with van der Waals surface area (Å²) in [6.07, 6.45) is 0.974. The van der Waals surface area contributed by atoms with Crippen LogP contribution >= 0.6 is 0 Å². The number of carbonyl (C=O) groups is 1. The molecule has 2 aliphatic rings. The number of anilines is 4. The van der Waals surface area contributed by atoms with Crippen molar-refractivity contribution in [3.63, 3.8) is 0 Å². The highest BCUT2D eigenvalue weighted by atomic mass is 19.4. The molecule has 0 bridgehead atoms. The first-order chi connectivity index (χ1) is 14.8. The van der Waals surface area contributed by atoms with Crippen LogP contribution in [-0.2, 0) is 11.0 Å². The molecule has 0 radical (unpaired) electrons. The van der Waals surface area contributed by atoms with Crippen LogP contribution in [0.1, 0.15) is 44.1 Å². The number of aromatic nitrogens is 2. The molecule has 1 aromatic carbocycles. The largest absolute Gasteiger partial charge is 0.421 e. The molecule has 2 aliphatic carbocycles. The van der Waals surface area contributed by atoms with Crippen LogP contribution in [0.2, 0.25) is 0 Å². The van der Waals surface area contributed by atoms with Gasteiger partial charge in [-0.25, -0.2) is 4.98 Å². The number of alkyl halides is 3. The van der Waals surface area contributed by atoms with Crippen molar-refractivity contribution < 1.29 is 18.0 Å². The lowest BCUT2D eigenvalue weighted by Gasteiger charge is -2.28. The number of nitrogens with two attached hydrogens (primary N) is 1. The molecule has 1 amide bonds. The van der Waals surface area contributed by atoms with E-state index in [4.69, 9.17) is 5.73 Å². The van der Waals surface area contributed by atoms with E-state index in [1.54, 1.807) is 24.3 Å². The number of carbonyl (C=O) groups excluding carboxylic acids is 1. The summed E-state index contributed by atoms with van der Waals surface area (Å²) in [5.41, 5.74) is 6.25. The Balaban J connectivity index is 1.47. The number of nitrogens with one attached hydrogen (secondary N) is 3. The van der Waals surface area contributed by atoms with E-state index in [1.807, 2.05) is 0 Å². The standard InChI is InChI=1S/C21H25F3N6O/c22-21(23,24)17-11-26-20(30-18(17)27-14-5-3-13(25)4-6-14)29-16-9-7-15(8-10-16)28-19(31)12-1-2-12/h7-14H,1-6,25H2,(H,28,31)(H2,26,27,29,30). The molecule has 0 spiro atoms. The van der Waals surface area contributed by atoms with Gasteiger partial charge in [-0.3, -0.25) is 4.79 Å². The average Bonchev–Trinajstić information content (AvgIpc) is 3.56. The van der Waals surface area contributed by atoms with Crippen molar-refractivity contribution in [3.05, 3.63) is 36.0 Å². The van der Waals surface area contributed by atoms with Crippen LogP contribution in [0, 0.1) is 5.92 Å². The van der Waals surface area contributed by atoms with E-state index >= 15 is 0 Å². The van der Waals surface area contributed by atoms with Crippen molar-refractivity contribution >= 4 is 29.0 Å². The summed E-state index contributed by atoms with van der Waals surface area (Å²) in [4.78, 5) is 19.8. The van der Waals surface area contributed by atoms with E-state index in [-0.39, 0.29) is 35.7 Å². The van der Waals surface area contributed by atoms with E-state index in [9.17, 15) is 18.0 Å². The first kappa shape index (κ1) is 21.4. The molecule has 1 heterocycles. The van der Waals surface area contributed by atoms with Gasteiger partial charge in [0.05, 0.1) is 0 Å². The fourth-order valence-electron chi connectivity index (χ4n) is 3.57. The van der Waals surface area contributed by atoms with Crippen molar-refractivity contribution in [3.8, 4) is 0 Å². The van der Waals surface area contributed by atoms with E-state index in [0.717, 1.165) is 31.9 Å². The fourth-order valence-corrected chi connectivity index (χ4v) is 3.57. The highest BCUT2D eigenvalue weighted by molar-refractivity contribution is 5.94. The topological polar surface area (TPSA) is 105 Å². The molecule has 1 aromatic heterocycles. The summed E-state index contributed by atoms with van der Waals surface area (Å²) >= 11 is 0. The summed E-state index contributed by atoms with van der Waals surface area (Å²) in [5.74, 6) is -0.0769. The monoisotopic (exact) mass is 434 g/mol. The zero-order valence-electron chi connectivity index (χ0n) is 16.9. The third kappa shape index (κ3) is 5.63. The predicted molar refractivity (Wildman–Crippen MR) is 112 cm³/mol. The highest BCUT2D eigenvalue weighted by Crippen LogP contribution is 2.35. The SMILES string of the molecule is NC1CCC(Nc2nc(Nc3ccc(NC(=O)C4CC4)cc3)ncc2C(F)(F)F)CC1. The first-order valence-electron chi connectivity index (χ1n) is 10.4. The van der Waals surface area contributed by atoms with Crippen LogP contribution in [0.4, 0.5) is 36.3 Å². The first-order valence-corrected chi connectivity index (χ1v) is 10.4. The zero-order valence-corrected chi connectivity index (χ0v) is 16.9. The molecular weight excluding hydrogens is 409 g/mol. The van der Waals surface area contributed by atoms with Crippen LogP contribution in [0.15, 0.2) is 30.5 Å². The molecule has 0 atom stereocenters. The Morgan fingerprint density at radius 1 is 1.00 bits per heavy atom. The predicted octanol–water partition coefficient (Wildman–Crippen LogP) is 4.27. The number of hydrogen-bond donors (Lipinski definition) is 4. The van der Waals surface area contributed by atoms with Crippen LogP contribution in [0.3, 0.4) is 0 Å². The van der Waals surface area contributed by atoms with Gasteiger partial charge in [0.25, 0.3) is 0 Å². The molecule has 166 valence electrons. The van der Waals surface area contributed by atoms with Gasteiger partial charge in [0, 0.05) is 35.6 Å². The van der Waals surface area contributed by atoms with Crippen molar-refractivity contribution in [2.75, 3.05) is 16.0 Å². The maximum atomic E-state index is 13.4. The van der Waals surface area contributed by atoms with Gasteiger partial charge < -0.3 is 21.7 Å². The van der Waals surface area contributed by atoms with Gasteiger partial charge in [0.15, 0.2) is 0 Å². The molecule has 2 fully saturated rings. The quantitative estimate of drug-likeness (QED) is 0.541. The number of amides is 1. The van der Waals surface area contributed by atoms with Gasteiger partial charge in [-0.1, -0.05) is 0 Å². The van der Waals surface area contributed by atoms with E-state index < -0.39 is 11.7 Å². The molecule has 7 nitrogen and oxygen atoms in total. The lowest BCUT2D eigenvalue weighted by atomic mass is 9.92. The Bertz CT molecular complexity index is 922. The minimum absolute atomic E-state index is 0.00571. The fraction of sp³-hybridized carbons (Fsp3) is 0.476. The Kier molecular flexibility index (Phi) is 5.99.